The number of methoxy groups -OCH3 is 1. The fourth-order valence-corrected chi connectivity index (χ4v) is 1.17. The van der Waals surface area contributed by atoms with Crippen molar-refractivity contribution in [2.24, 2.45) is 5.41 Å². The predicted molar refractivity (Wildman–Crippen MR) is 60.4 cm³/mol. The molecule has 0 aliphatic rings. The SMILES string of the molecule is COC(=O)[C@@](C)(C(=O)NC(C)C)C(=O)OCC(F)(F)F. The van der Waals surface area contributed by atoms with Gasteiger partial charge in [-0.05, 0) is 20.8 Å². The quantitative estimate of drug-likeness (QED) is 0.600. The maximum atomic E-state index is 12.0. The van der Waals surface area contributed by atoms with E-state index >= 15 is 0 Å². The lowest BCUT2D eigenvalue weighted by molar-refractivity contribution is -0.197. The average molecular weight is 299 g/mol. The first-order valence-corrected chi connectivity index (χ1v) is 5.58. The molecule has 0 aromatic carbocycles. The summed E-state index contributed by atoms with van der Waals surface area (Å²) in [5, 5.41) is 2.25. The Morgan fingerprint density at radius 3 is 2.00 bits per heavy atom. The standard InChI is InChI=1S/C11H16F3NO5/c1-6(2)15-7(16)10(3,8(17)19-4)9(18)20-5-11(12,13)14/h6H,5H2,1-4H3,(H,15,16)/t10-/m1/s1. The molecule has 0 spiro atoms. The number of hydrogen-bond donors (Lipinski definition) is 1. The Balaban J connectivity index is 5.19. The molecule has 0 fully saturated rings. The summed E-state index contributed by atoms with van der Waals surface area (Å²) in [5.74, 6) is -4.02. The molecule has 0 heterocycles. The summed E-state index contributed by atoms with van der Waals surface area (Å²) in [7, 11) is 0.903. The van der Waals surface area contributed by atoms with Crippen LogP contribution in [0.4, 0.5) is 13.2 Å². The molecule has 0 aliphatic carbocycles. The summed E-state index contributed by atoms with van der Waals surface area (Å²) in [6, 6.07) is -0.429. The molecular formula is C11H16F3NO5. The Bertz CT molecular complexity index is 394. The van der Waals surface area contributed by atoms with Gasteiger partial charge in [-0.1, -0.05) is 0 Å². The van der Waals surface area contributed by atoms with Gasteiger partial charge >= 0.3 is 18.1 Å². The van der Waals surface area contributed by atoms with Gasteiger partial charge in [-0.25, -0.2) is 0 Å². The van der Waals surface area contributed by atoms with Crippen molar-refractivity contribution in [1.82, 2.24) is 5.32 Å². The summed E-state index contributed by atoms with van der Waals surface area (Å²) >= 11 is 0. The molecule has 6 nitrogen and oxygen atoms in total. The van der Waals surface area contributed by atoms with Crippen LogP contribution in [0.3, 0.4) is 0 Å². The van der Waals surface area contributed by atoms with E-state index in [4.69, 9.17) is 0 Å². The van der Waals surface area contributed by atoms with Gasteiger partial charge in [0.15, 0.2) is 6.61 Å². The lowest BCUT2D eigenvalue weighted by atomic mass is 9.89. The molecular weight excluding hydrogens is 283 g/mol. The molecule has 0 radical (unpaired) electrons. The molecule has 0 unspecified atom stereocenters. The molecule has 0 saturated carbocycles. The third-order valence-electron chi connectivity index (χ3n) is 2.24. The molecule has 0 aliphatic heterocycles. The van der Waals surface area contributed by atoms with Crippen molar-refractivity contribution < 1.29 is 37.0 Å². The first kappa shape index (κ1) is 18.2. The topological polar surface area (TPSA) is 81.7 Å². The van der Waals surface area contributed by atoms with E-state index in [1.807, 2.05) is 0 Å². The number of carbonyl (C=O) groups is 3. The van der Waals surface area contributed by atoms with Crippen LogP contribution >= 0.6 is 0 Å². The molecule has 1 atom stereocenters. The fraction of sp³-hybridized carbons (Fsp3) is 0.727. The van der Waals surface area contributed by atoms with E-state index in [1.54, 1.807) is 13.8 Å². The van der Waals surface area contributed by atoms with Crippen LogP contribution in [0.5, 0.6) is 0 Å². The highest BCUT2D eigenvalue weighted by atomic mass is 19.4. The van der Waals surface area contributed by atoms with Gasteiger partial charge < -0.3 is 14.8 Å². The third kappa shape index (κ3) is 4.71. The summed E-state index contributed by atoms with van der Waals surface area (Å²) in [6.45, 7) is 2.05. The number of alkyl halides is 3. The highest BCUT2D eigenvalue weighted by Gasteiger charge is 2.52. The molecule has 1 amide bonds. The summed E-state index contributed by atoms with van der Waals surface area (Å²) in [6.07, 6.45) is -4.76. The second kappa shape index (κ2) is 6.58. The minimum atomic E-state index is -4.76. The number of esters is 2. The maximum Gasteiger partial charge on any atom is 0.422 e. The molecule has 0 aromatic rings. The molecule has 0 saturated heterocycles. The van der Waals surface area contributed by atoms with Crippen molar-refractivity contribution in [2.75, 3.05) is 13.7 Å². The molecule has 1 N–H and O–H groups in total. The van der Waals surface area contributed by atoms with Gasteiger partial charge in [-0.15, -0.1) is 0 Å². The Morgan fingerprint density at radius 1 is 1.15 bits per heavy atom. The molecule has 9 heteroatoms. The fourth-order valence-electron chi connectivity index (χ4n) is 1.17. The number of rotatable bonds is 5. The highest BCUT2D eigenvalue weighted by molar-refractivity contribution is 6.19. The van der Waals surface area contributed by atoms with Crippen LogP contribution in [0.1, 0.15) is 20.8 Å². The minimum absolute atomic E-state index is 0.429. The second-order valence-electron chi connectivity index (χ2n) is 4.44. The van der Waals surface area contributed by atoms with Crippen molar-refractivity contribution in [2.45, 2.75) is 33.0 Å². The van der Waals surface area contributed by atoms with E-state index in [1.165, 1.54) is 0 Å². The zero-order valence-electron chi connectivity index (χ0n) is 11.5. The van der Waals surface area contributed by atoms with Crippen LogP contribution < -0.4 is 5.32 Å². The predicted octanol–water partition coefficient (Wildman–Crippen LogP) is 0.796. The second-order valence-corrected chi connectivity index (χ2v) is 4.44. The van der Waals surface area contributed by atoms with Crippen molar-refractivity contribution in [3.8, 4) is 0 Å². The number of halogens is 3. The maximum absolute atomic E-state index is 12.0. The van der Waals surface area contributed by atoms with Gasteiger partial charge in [-0.3, -0.25) is 14.4 Å². The van der Waals surface area contributed by atoms with Gasteiger partial charge in [0.2, 0.25) is 11.3 Å². The van der Waals surface area contributed by atoms with Gasteiger partial charge in [0.25, 0.3) is 0 Å². The zero-order chi connectivity index (χ0) is 16.1. The van der Waals surface area contributed by atoms with Crippen molar-refractivity contribution in [3.05, 3.63) is 0 Å². The molecule has 0 aromatic heterocycles. The van der Waals surface area contributed by atoms with E-state index in [0.29, 0.717) is 0 Å². The highest BCUT2D eigenvalue weighted by Crippen LogP contribution is 2.23. The normalized spacial score (nSPS) is 14.4. The summed E-state index contributed by atoms with van der Waals surface area (Å²) < 4.78 is 44.3. The smallest absolute Gasteiger partial charge is 0.422 e. The Hall–Kier alpha value is -1.80. The number of amides is 1. The van der Waals surface area contributed by atoms with E-state index in [0.717, 1.165) is 14.0 Å². The van der Waals surface area contributed by atoms with E-state index in [-0.39, 0.29) is 0 Å². The van der Waals surface area contributed by atoms with Crippen molar-refractivity contribution in [3.63, 3.8) is 0 Å². The summed E-state index contributed by atoms with van der Waals surface area (Å²) in [4.78, 5) is 35.1. The van der Waals surface area contributed by atoms with Gasteiger partial charge in [0.1, 0.15) is 0 Å². The van der Waals surface area contributed by atoms with Crippen molar-refractivity contribution in [1.29, 1.82) is 0 Å². The largest absolute Gasteiger partial charge is 0.468 e. The monoisotopic (exact) mass is 299 g/mol. The van der Waals surface area contributed by atoms with Gasteiger partial charge in [-0.2, -0.15) is 13.2 Å². The van der Waals surface area contributed by atoms with Gasteiger partial charge in [0.05, 0.1) is 7.11 Å². The number of hydrogen-bond acceptors (Lipinski definition) is 5. The number of nitrogens with one attached hydrogen (secondary N) is 1. The van der Waals surface area contributed by atoms with Gasteiger partial charge in [0, 0.05) is 6.04 Å². The lowest BCUT2D eigenvalue weighted by Crippen LogP contribution is -2.53. The van der Waals surface area contributed by atoms with Crippen LogP contribution in [-0.4, -0.2) is 43.8 Å². The van der Waals surface area contributed by atoms with Crippen LogP contribution in [0.25, 0.3) is 0 Å². The van der Waals surface area contributed by atoms with E-state index < -0.39 is 42.1 Å². The molecule has 116 valence electrons. The average Bonchev–Trinajstić information content (AvgIpc) is 2.31. The molecule has 20 heavy (non-hydrogen) atoms. The zero-order valence-corrected chi connectivity index (χ0v) is 11.5. The van der Waals surface area contributed by atoms with Crippen molar-refractivity contribution >= 4 is 17.8 Å². The summed E-state index contributed by atoms with van der Waals surface area (Å²) in [5.41, 5.74) is -2.50. The molecule has 0 bridgehead atoms. The minimum Gasteiger partial charge on any atom is -0.468 e. The lowest BCUT2D eigenvalue weighted by Gasteiger charge is -2.24. The van der Waals surface area contributed by atoms with Crippen LogP contribution in [0.2, 0.25) is 0 Å². The number of ether oxygens (including phenoxy) is 2. The Kier molecular flexibility index (Phi) is 5.98. The number of carbonyl (C=O) groups excluding carboxylic acids is 3. The van der Waals surface area contributed by atoms with E-state index in [2.05, 4.69) is 14.8 Å². The van der Waals surface area contributed by atoms with E-state index in [9.17, 15) is 27.6 Å². The first-order chi connectivity index (χ1) is 8.95. The Morgan fingerprint density at radius 2 is 1.65 bits per heavy atom. The first-order valence-electron chi connectivity index (χ1n) is 5.58. The molecule has 0 rings (SSSR count). The third-order valence-corrected chi connectivity index (χ3v) is 2.24. The van der Waals surface area contributed by atoms with Crippen LogP contribution in [0.15, 0.2) is 0 Å². The van der Waals surface area contributed by atoms with Crippen LogP contribution in [0, 0.1) is 5.41 Å². The van der Waals surface area contributed by atoms with Crippen LogP contribution in [-0.2, 0) is 23.9 Å². The Labute approximate surface area is 113 Å².